The highest BCUT2D eigenvalue weighted by Crippen LogP contribution is 2.31. The van der Waals surface area contributed by atoms with Crippen molar-refractivity contribution in [1.29, 1.82) is 0 Å². The van der Waals surface area contributed by atoms with Crippen molar-refractivity contribution in [3.63, 3.8) is 0 Å². The van der Waals surface area contributed by atoms with Crippen molar-refractivity contribution < 1.29 is 0 Å². The minimum absolute atomic E-state index is 0.583. The van der Waals surface area contributed by atoms with Crippen LogP contribution in [0.3, 0.4) is 0 Å². The summed E-state index contributed by atoms with van der Waals surface area (Å²) in [7, 11) is 0. The van der Waals surface area contributed by atoms with Crippen molar-refractivity contribution in [2.45, 2.75) is 0 Å². The van der Waals surface area contributed by atoms with Crippen LogP contribution < -0.4 is 5.73 Å². The number of nitrogen functional groups attached to an aromatic ring is 1. The SMILES string of the molecule is Nc1cncc(-c2cc3c(-c4nc5c(-c6cccnc6)cncc5[nH]4)n[nH]c3cn2)c1. The van der Waals surface area contributed by atoms with E-state index in [-0.39, 0.29) is 0 Å². The Kier molecular flexibility index (Phi) is 3.72. The van der Waals surface area contributed by atoms with Crippen molar-refractivity contribution in [3.05, 3.63) is 67.6 Å². The summed E-state index contributed by atoms with van der Waals surface area (Å²) in [6.45, 7) is 0. The summed E-state index contributed by atoms with van der Waals surface area (Å²) in [5.74, 6) is 0.641. The fraction of sp³-hybridized carbons (Fsp3) is 0. The number of aromatic amines is 2. The predicted molar refractivity (Wildman–Crippen MR) is 118 cm³/mol. The zero-order valence-electron chi connectivity index (χ0n) is 16.1. The summed E-state index contributed by atoms with van der Waals surface area (Å²) in [5, 5.41) is 8.40. The molecule has 9 heteroatoms. The lowest BCUT2D eigenvalue weighted by Crippen LogP contribution is -1.90. The first kappa shape index (κ1) is 17.2. The van der Waals surface area contributed by atoms with Gasteiger partial charge in [0.05, 0.1) is 34.8 Å². The fourth-order valence-electron chi connectivity index (χ4n) is 3.63. The number of pyridine rings is 4. The largest absolute Gasteiger partial charge is 0.397 e. The minimum atomic E-state index is 0.583. The molecule has 0 amide bonds. The Labute approximate surface area is 175 Å². The molecule has 0 unspecified atom stereocenters. The first-order chi connectivity index (χ1) is 15.3. The van der Waals surface area contributed by atoms with Crippen LogP contribution in [0.15, 0.2) is 67.6 Å². The number of nitrogens with zero attached hydrogens (tertiary/aromatic N) is 6. The van der Waals surface area contributed by atoms with Gasteiger partial charge in [-0.05, 0) is 18.2 Å². The van der Waals surface area contributed by atoms with Gasteiger partial charge in [-0.2, -0.15) is 5.10 Å². The molecule has 9 nitrogen and oxygen atoms in total. The van der Waals surface area contributed by atoms with E-state index >= 15 is 0 Å². The van der Waals surface area contributed by atoms with Gasteiger partial charge in [0.1, 0.15) is 11.2 Å². The molecule has 0 aromatic carbocycles. The van der Waals surface area contributed by atoms with Crippen LogP contribution >= 0.6 is 0 Å². The van der Waals surface area contributed by atoms with Crippen molar-refractivity contribution in [2.75, 3.05) is 5.73 Å². The molecule has 0 aliphatic carbocycles. The first-order valence-electron chi connectivity index (χ1n) is 9.56. The van der Waals surface area contributed by atoms with Gasteiger partial charge in [0.2, 0.25) is 0 Å². The summed E-state index contributed by atoms with van der Waals surface area (Å²) < 4.78 is 0. The molecule has 31 heavy (non-hydrogen) atoms. The molecule has 0 aliphatic rings. The van der Waals surface area contributed by atoms with Gasteiger partial charge < -0.3 is 10.7 Å². The molecule has 0 spiro atoms. The summed E-state index contributed by atoms with van der Waals surface area (Å²) >= 11 is 0. The molecule has 0 saturated carbocycles. The van der Waals surface area contributed by atoms with Crippen molar-refractivity contribution in [3.8, 4) is 33.9 Å². The predicted octanol–water partition coefficient (Wildman–Crippen LogP) is 3.60. The van der Waals surface area contributed by atoms with Crippen LogP contribution in [-0.2, 0) is 0 Å². The molecule has 0 saturated heterocycles. The number of nitrogens with two attached hydrogens (primary N) is 1. The van der Waals surface area contributed by atoms with Crippen LogP contribution in [-0.4, -0.2) is 40.1 Å². The van der Waals surface area contributed by atoms with E-state index < -0.39 is 0 Å². The number of H-pyrrole nitrogens is 2. The molecule has 0 atom stereocenters. The van der Waals surface area contributed by atoms with Gasteiger partial charge in [0.15, 0.2) is 5.82 Å². The standard InChI is InChI=1S/C22H15N9/c23-14-4-13(7-25-8-14)17-5-15-18(11-27-17)30-31-21(15)22-28-19-10-26-9-16(20(19)29-22)12-2-1-3-24-6-12/h1-11H,23H2,(H,28,29)(H,30,31). The number of imidazole rings is 1. The monoisotopic (exact) mass is 405 g/mol. The molecule has 0 aliphatic heterocycles. The van der Waals surface area contributed by atoms with E-state index in [1.165, 1.54) is 0 Å². The van der Waals surface area contributed by atoms with Crippen LogP contribution in [0.1, 0.15) is 0 Å². The summed E-state index contributed by atoms with van der Waals surface area (Å²) in [4.78, 5) is 25.4. The van der Waals surface area contributed by atoms with E-state index in [4.69, 9.17) is 10.7 Å². The van der Waals surface area contributed by atoms with E-state index in [1.807, 2.05) is 24.3 Å². The maximum atomic E-state index is 5.88. The van der Waals surface area contributed by atoms with Crippen molar-refractivity contribution >= 4 is 27.6 Å². The van der Waals surface area contributed by atoms with E-state index in [9.17, 15) is 0 Å². The van der Waals surface area contributed by atoms with E-state index in [1.54, 1.807) is 43.4 Å². The Bertz CT molecular complexity index is 1550. The lowest BCUT2D eigenvalue weighted by atomic mass is 10.1. The van der Waals surface area contributed by atoms with Crippen LogP contribution in [0.2, 0.25) is 0 Å². The van der Waals surface area contributed by atoms with E-state index in [2.05, 4.69) is 35.1 Å². The normalized spacial score (nSPS) is 11.4. The Hall–Kier alpha value is -4.66. The highest BCUT2D eigenvalue weighted by molar-refractivity contribution is 5.97. The molecular weight excluding hydrogens is 390 g/mol. The number of nitrogens with one attached hydrogen (secondary N) is 2. The molecule has 6 aromatic rings. The lowest BCUT2D eigenvalue weighted by Gasteiger charge is -2.02. The van der Waals surface area contributed by atoms with E-state index in [0.717, 1.165) is 44.3 Å². The highest BCUT2D eigenvalue weighted by Gasteiger charge is 2.16. The number of aromatic nitrogens is 8. The number of hydrogen-bond donors (Lipinski definition) is 3. The fourth-order valence-corrected chi connectivity index (χ4v) is 3.63. The number of fused-ring (bicyclic) bond motifs is 2. The van der Waals surface area contributed by atoms with Crippen molar-refractivity contribution in [1.82, 2.24) is 40.1 Å². The maximum Gasteiger partial charge on any atom is 0.159 e. The van der Waals surface area contributed by atoms with Gasteiger partial charge >= 0.3 is 0 Å². The van der Waals surface area contributed by atoms with Gasteiger partial charge in [-0.15, -0.1) is 0 Å². The lowest BCUT2D eigenvalue weighted by molar-refractivity contribution is 1.10. The molecule has 6 aromatic heterocycles. The number of anilines is 1. The average molecular weight is 405 g/mol. The third-order valence-electron chi connectivity index (χ3n) is 5.09. The molecule has 0 bridgehead atoms. The van der Waals surface area contributed by atoms with Crippen LogP contribution in [0.5, 0.6) is 0 Å². The van der Waals surface area contributed by atoms with Gasteiger partial charge in [-0.3, -0.25) is 25.0 Å². The van der Waals surface area contributed by atoms with Crippen LogP contribution in [0.4, 0.5) is 5.69 Å². The quantitative estimate of drug-likeness (QED) is 0.409. The topological polar surface area (TPSA) is 135 Å². The molecule has 6 rings (SSSR count). The third kappa shape index (κ3) is 2.87. The third-order valence-corrected chi connectivity index (χ3v) is 5.09. The number of hydrogen-bond acceptors (Lipinski definition) is 7. The Morgan fingerprint density at radius 2 is 1.74 bits per heavy atom. The van der Waals surface area contributed by atoms with Gasteiger partial charge in [-0.1, -0.05) is 6.07 Å². The minimum Gasteiger partial charge on any atom is -0.397 e. The molecule has 6 heterocycles. The molecule has 4 N–H and O–H groups in total. The molecule has 0 fully saturated rings. The second-order valence-corrected chi connectivity index (χ2v) is 7.10. The number of rotatable bonds is 3. The van der Waals surface area contributed by atoms with Gasteiger partial charge in [0, 0.05) is 53.1 Å². The first-order valence-corrected chi connectivity index (χ1v) is 9.56. The van der Waals surface area contributed by atoms with Gasteiger partial charge in [0.25, 0.3) is 0 Å². The molecule has 0 radical (unpaired) electrons. The Morgan fingerprint density at radius 3 is 2.61 bits per heavy atom. The van der Waals surface area contributed by atoms with Crippen molar-refractivity contribution in [2.24, 2.45) is 0 Å². The zero-order chi connectivity index (χ0) is 20.8. The molecular formula is C22H15N9. The highest BCUT2D eigenvalue weighted by atomic mass is 15.1. The smallest absolute Gasteiger partial charge is 0.159 e. The Morgan fingerprint density at radius 1 is 0.839 bits per heavy atom. The second-order valence-electron chi connectivity index (χ2n) is 7.10. The zero-order valence-corrected chi connectivity index (χ0v) is 16.1. The van der Waals surface area contributed by atoms with E-state index in [0.29, 0.717) is 17.2 Å². The Balaban J connectivity index is 1.51. The summed E-state index contributed by atoms with van der Waals surface area (Å²) in [6.07, 6.45) is 12.2. The van der Waals surface area contributed by atoms with Gasteiger partial charge in [-0.25, -0.2) is 4.98 Å². The second kappa shape index (κ2) is 6.70. The molecule has 148 valence electrons. The average Bonchev–Trinajstić information content (AvgIpc) is 3.43. The summed E-state index contributed by atoms with van der Waals surface area (Å²) in [5.41, 5.74) is 13.0. The van der Waals surface area contributed by atoms with Crippen LogP contribution in [0.25, 0.3) is 55.8 Å². The van der Waals surface area contributed by atoms with Crippen LogP contribution in [0, 0.1) is 0 Å². The maximum absolute atomic E-state index is 5.88. The summed E-state index contributed by atoms with van der Waals surface area (Å²) in [6, 6.07) is 7.67.